The number of nitrogens with two attached hydrogens (primary N) is 1. The van der Waals surface area contributed by atoms with E-state index in [1.165, 1.54) is 12.8 Å². The lowest BCUT2D eigenvalue weighted by molar-refractivity contribution is 0.187. The number of nitrogen functional groups attached to an aromatic ring is 1. The zero-order valence-electron chi connectivity index (χ0n) is 11.3. The average Bonchev–Trinajstić information content (AvgIpc) is 3.13. The first-order valence-electron chi connectivity index (χ1n) is 6.52. The van der Waals surface area contributed by atoms with E-state index in [1.54, 1.807) is 6.92 Å². The molecule has 1 atom stereocenters. The van der Waals surface area contributed by atoms with E-state index >= 15 is 0 Å². The second kappa shape index (κ2) is 5.10. The molecule has 5 nitrogen and oxygen atoms in total. The minimum absolute atomic E-state index is 0.296. The molecule has 0 bridgehead atoms. The van der Waals surface area contributed by atoms with Crippen LogP contribution in [0.2, 0.25) is 0 Å². The third kappa shape index (κ3) is 2.90. The molecule has 3 N–H and O–H groups in total. The second-order valence-electron chi connectivity index (χ2n) is 5.25. The minimum Gasteiger partial charge on any atom is -0.393 e. The molecule has 18 heavy (non-hydrogen) atoms. The Bertz CT molecular complexity index is 429. The van der Waals surface area contributed by atoms with Gasteiger partial charge in [0.05, 0.1) is 6.10 Å². The van der Waals surface area contributed by atoms with Crippen molar-refractivity contribution in [2.24, 2.45) is 0 Å². The van der Waals surface area contributed by atoms with Gasteiger partial charge in [-0.25, -0.2) is 9.97 Å². The van der Waals surface area contributed by atoms with Gasteiger partial charge in [0.15, 0.2) is 0 Å². The number of aliphatic hydroxyl groups excluding tert-OH is 1. The summed E-state index contributed by atoms with van der Waals surface area (Å²) in [6.45, 7) is 4.50. The highest BCUT2D eigenvalue weighted by Crippen LogP contribution is 2.39. The molecule has 5 heteroatoms. The van der Waals surface area contributed by atoms with Crippen molar-refractivity contribution in [2.45, 2.75) is 45.1 Å². The minimum atomic E-state index is -0.296. The highest BCUT2D eigenvalue weighted by molar-refractivity contribution is 5.56. The van der Waals surface area contributed by atoms with E-state index in [2.05, 4.69) is 9.97 Å². The Morgan fingerprint density at radius 1 is 1.44 bits per heavy atom. The summed E-state index contributed by atoms with van der Waals surface area (Å²) in [5.41, 5.74) is 6.88. The Labute approximate surface area is 108 Å². The normalized spacial score (nSPS) is 16.7. The molecule has 1 heterocycles. The van der Waals surface area contributed by atoms with E-state index in [-0.39, 0.29) is 6.10 Å². The standard InChI is InChI=1S/C13H22N4O/c1-8(18)6-7-17(3)13-9(2)11(14)15-12(16-13)10-4-5-10/h8,10,18H,4-7H2,1-3H3,(H2,14,15,16). The summed E-state index contributed by atoms with van der Waals surface area (Å²) in [6.07, 6.45) is 2.76. The monoisotopic (exact) mass is 250 g/mol. The molecule has 0 amide bonds. The summed E-state index contributed by atoms with van der Waals surface area (Å²) >= 11 is 0. The summed E-state index contributed by atoms with van der Waals surface area (Å²) in [4.78, 5) is 11.0. The van der Waals surface area contributed by atoms with Crippen LogP contribution < -0.4 is 10.6 Å². The van der Waals surface area contributed by atoms with Crippen LogP contribution in [0.15, 0.2) is 0 Å². The van der Waals surface area contributed by atoms with Crippen LogP contribution in [0, 0.1) is 6.92 Å². The molecule has 1 aromatic rings. The van der Waals surface area contributed by atoms with Gasteiger partial charge in [-0.15, -0.1) is 0 Å². The lowest BCUT2D eigenvalue weighted by Crippen LogP contribution is -2.24. The fraction of sp³-hybridized carbons (Fsp3) is 0.692. The van der Waals surface area contributed by atoms with Crippen LogP contribution in [-0.4, -0.2) is 34.8 Å². The van der Waals surface area contributed by atoms with E-state index in [9.17, 15) is 5.11 Å². The van der Waals surface area contributed by atoms with Crippen LogP contribution >= 0.6 is 0 Å². The van der Waals surface area contributed by atoms with Gasteiger partial charge in [0.2, 0.25) is 0 Å². The van der Waals surface area contributed by atoms with Crippen molar-refractivity contribution in [3.8, 4) is 0 Å². The van der Waals surface area contributed by atoms with Gasteiger partial charge < -0.3 is 15.7 Å². The number of hydrogen-bond donors (Lipinski definition) is 2. The molecule has 2 rings (SSSR count). The molecule has 1 aliphatic rings. The van der Waals surface area contributed by atoms with Gasteiger partial charge in [-0.2, -0.15) is 0 Å². The molecule has 1 aliphatic carbocycles. The van der Waals surface area contributed by atoms with Crippen molar-refractivity contribution >= 4 is 11.6 Å². The molecule has 1 saturated carbocycles. The average molecular weight is 250 g/mol. The smallest absolute Gasteiger partial charge is 0.137 e. The Balaban J connectivity index is 2.19. The maximum atomic E-state index is 9.34. The summed E-state index contributed by atoms with van der Waals surface area (Å²) in [5, 5.41) is 9.34. The number of hydrogen-bond acceptors (Lipinski definition) is 5. The van der Waals surface area contributed by atoms with Gasteiger partial charge in [-0.3, -0.25) is 0 Å². The van der Waals surface area contributed by atoms with Crippen molar-refractivity contribution in [1.82, 2.24) is 9.97 Å². The number of nitrogens with zero attached hydrogens (tertiary/aromatic N) is 3. The fourth-order valence-electron chi connectivity index (χ4n) is 1.92. The van der Waals surface area contributed by atoms with Crippen molar-refractivity contribution in [2.75, 3.05) is 24.2 Å². The van der Waals surface area contributed by atoms with Gasteiger partial charge in [0, 0.05) is 25.1 Å². The zero-order valence-corrected chi connectivity index (χ0v) is 11.3. The quantitative estimate of drug-likeness (QED) is 0.827. The highest BCUT2D eigenvalue weighted by atomic mass is 16.3. The maximum Gasteiger partial charge on any atom is 0.137 e. The molecular weight excluding hydrogens is 228 g/mol. The third-order valence-electron chi connectivity index (χ3n) is 3.36. The van der Waals surface area contributed by atoms with Crippen molar-refractivity contribution in [1.29, 1.82) is 0 Å². The van der Waals surface area contributed by atoms with Crippen molar-refractivity contribution in [3.05, 3.63) is 11.4 Å². The van der Waals surface area contributed by atoms with E-state index in [0.717, 1.165) is 30.2 Å². The predicted octanol–water partition coefficient (Wildman–Crippen LogP) is 1.45. The molecule has 0 spiro atoms. The van der Waals surface area contributed by atoms with Gasteiger partial charge in [-0.05, 0) is 33.1 Å². The van der Waals surface area contributed by atoms with Crippen molar-refractivity contribution in [3.63, 3.8) is 0 Å². The lowest BCUT2D eigenvalue weighted by Gasteiger charge is -2.22. The topological polar surface area (TPSA) is 75.3 Å². The molecule has 0 radical (unpaired) electrons. The Kier molecular flexibility index (Phi) is 3.71. The zero-order chi connectivity index (χ0) is 13.3. The van der Waals surface area contributed by atoms with Gasteiger partial charge >= 0.3 is 0 Å². The lowest BCUT2D eigenvalue weighted by atomic mass is 10.2. The van der Waals surface area contributed by atoms with E-state index < -0.39 is 0 Å². The molecule has 1 unspecified atom stereocenters. The van der Waals surface area contributed by atoms with Gasteiger partial charge in [0.25, 0.3) is 0 Å². The summed E-state index contributed by atoms with van der Waals surface area (Å²) in [5.74, 6) is 2.84. The highest BCUT2D eigenvalue weighted by Gasteiger charge is 2.28. The molecule has 100 valence electrons. The SMILES string of the molecule is Cc1c(N)nc(C2CC2)nc1N(C)CCC(C)O. The molecule has 0 saturated heterocycles. The first-order chi connectivity index (χ1) is 8.49. The largest absolute Gasteiger partial charge is 0.393 e. The molecule has 1 aromatic heterocycles. The number of aliphatic hydroxyl groups is 1. The summed E-state index contributed by atoms with van der Waals surface area (Å²) in [6, 6.07) is 0. The van der Waals surface area contributed by atoms with Gasteiger partial charge in [0.1, 0.15) is 17.5 Å². The van der Waals surface area contributed by atoms with Crippen LogP contribution in [0.3, 0.4) is 0 Å². The van der Waals surface area contributed by atoms with Crippen molar-refractivity contribution < 1.29 is 5.11 Å². The molecule has 0 aliphatic heterocycles. The van der Waals surface area contributed by atoms with E-state index in [1.807, 2.05) is 18.9 Å². The second-order valence-corrected chi connectivity index (χ2v) is 5.25. The van der Waals surface area contributed by atoms with Crippen LogP contribution in [0.1, 0.15) is 43.5 Å². The van der Waals surface area contributed by atoms with Crippen LogP contribution in [0.4, 0.5) is 11.6 Å². The molecule has 0 aromatic carbocycles. The van der Waals surface area contributed by atoms with Crippen LogP contribution in [-0.2, 0) is 0 Å². The molecule has 1 fully saturated rings. The Morgan fingerprint density at radius 3 is 2.67 bits per heavy atom. The number of anilines is 2. The first kappa shape index (κ1) is 13.1. The molecular formula is C13H22N4O. The van der Waals surface area contributed by atoms with Crippen LogP contribution in [0.25, 0.3) is 0 Å². The van der Waals surface area contributed by atoms with Gasteiger partial charge in [-0.1, -0.05) is 0 Å². The summed E-state index contributed by atoms with van der Waals surface area (Å²) < 4.78 is 0. The fourth-order valence-corrected chi connectivity index (χ4v) is 1.92. The predicted molar refractivity (Wildman–Crippen MR) is 72.7 cm³/mol. The van der Waals surface area contributed by atoms with E-state index in [4.69, 9.17) is 5.73 Å². The third-order valence-corrected chi connectivity index (χ3v) is 3.36. The van der Waals surface area contributed by atoms with Crippen LogP contribution in [0.5, 0.6) is 0 Å². The Hall–Kier alpha value is -1.36. The summed E-state index contributed by atoms with van der Waals surface area (Å²) in [7, 11) is 1.98. The maximum absolute atomic E-state index is 9.34. The Morgan fingerprint density at radius 2 is 2.11 bits per heavy atom. The number of aromatic nitrogens is 2. The van der Waals surface area contributed by atoms with E-state index in [0.29, 0.717) is 11.7 Å². The first-order valence-corrected chi connectivity index (χ1v) is 6.52. The number of rotatable bonds is 5.